The first kappa shape index (κ1) is 10.2. The molecular weight excluding hydrogens is 236 g/mol. The molecule has 0 unspecified atom stereocenters. The molecule has 0 fully saturated rings. The van der Waals surface area contributed by atoms with Crippen molar-refractivity contribution in [1.29, 1.82) is 0 Å². The lowest BCUT2D eigenvalue weighted by atomic mass is 10.3. The lowest BCUT2D eigenvalue weighted by Crippen LogP contribution is -2.14. The first-order valence-electron chi connectivity index (χ1n) is 5.16. The SMILES string of the molecule is Nc1cccc2oc(=O)n(Cc3cccs3)c12. The van der Waals surface area contributed by atoms with E-state index in [0.29, 0.717) is 23.3 Å². The van der Waals surface area contributed by atoms with Gasteiger partial charge in [-0.25, -0.2) is 4.79 Å². The van der Waals surface area contributed by atoms with E-state index < -0.39 is 0 Å². The highest BCUT2D eigenvalue weighted by Gasteiger charge is 2.12. The Balaban J connectivity index is 2.21. The smallest absolute Gasteiger partial charge is 0.408 e. The van der Waals surface area contributed by atoms with Crippen molar-refractivity contribution in [1.82, 2.24) is 4.57 Å². The van der Waals surface area contributed by atoms with E-state index in [-0.39, 0.29) is 5.76 Å². The average Bonchev–Trinajstić information content (AvgIpc) is 2.89. The van der Waals surface area contributed by atoms with E-state index >= 15 is 0 Å². The van der Waals surface area contributed by atoms with Crippen LogP contribution in [0, 0.1) is 0 Å². The average molecular weight is 246 g/mol. The van der Waals surface area contributed by atoms with E-state index in [1.165, 1.54) is 0 Å². The molecule has 1 aromatic carbocycles. The Morgan fingerprint density at radius 2 is 2.18 bits per heavy atom. The van der Waals surface area contributed by atoms with Gasteiger partial charge < -0.3 is 10.2 Å². The molecule has 0 aliphatic heterocycles. The first-order chi connectivity index (χ1) is 8.25. The first-order valence-corrected chi connectivity index (χ1v) is 6.04. The van der Waals surface area contributed by atoms with Gasteiger partial charge in [0, 0.05) is 4.88 Å². The van der Waals surface area contributed by atoms with Gasteiger partial charge in [0.2, 0.25) is 0 Å². The zero-order valence-electron chi connectivity index (χ0n) is 8.92. The van der Waals surface area contributed by atoms with Crippen LogP contribution in [-0.2, 0) is 6.54 Å². The molecule has 3 rings (SSSR count). The van der Waals surface area contributed by atoms with Crippen molar-refractivity contribution in [3.05, 3.63) is 51.1 Å². The highest BCUT2D eigenvalue weighted by atomic mass is 32.1. The van der Waals surface area contributed by atoms with Gasteiger partial charge in [0.1, 0.15) is 5.52 Å². The Morgan fingerprint density at radius 3 is 2.94 bits per heavy atom. The third kappa shape index (κ3) is 1.64. The van der Waals surface area contributed by atoms with Crippen molar-refractivity contribution < 1.29 is 4.42 Å². The van der Waals surface area contributed by atoms with Crippen LogP contribution in [0.2, 0.25) is 0 Å². The molecule has 86 valence electrons. The van der Waals surface area contributed by atoms with Crippen LogP contribution >= 0.6 is 11.3 Å². The number of hydrogen-bond donors (Lipinski definition) is 1. The van der Waals surface area contributed by atoms with Gasteiger partial charge in [0.15, 0.2) is 5.58 Å². The molecule has 0 bridgehead atoms. The molecule has 0 radical (unpaired) electrons. The summed E-state index contributed by atoms with van der Waals surface area (Å²) in [7, 11) is 0. The molecule has 17 heavy (non-hydrogen) atoms. The lowest BCUT2D eigenvalue weighted by molar-refractivity contribution is 0.519. The highest BCUT2D eigenvalue weighted by Crippen LogP contribution is 2.21. The normalized spacial score (nSPS) is 11.1. The van der Waals surface area contributed by atoms with Crippen LogP contribution < -0.4 is 11.5 Å². The minimum atomic E-state index is -0.369. The predicted molar refractivity (Wildman–Crippen MR) is 68.3 cm³/mol. The zero-order valence-corrected chi connectivity index (χ0v) is 9.74. The lowest BCUT2D eigenvalue weighted by Gasteiger charge is -2.01. The summed E-state index contributed by atoms with van der Waals surface area (Å²) in [6.07, 6.45) is 0. The Bertz CT molecular complexity index is 710. The molecular formula is C12H10N2O2S. The van der Waals surface area contributed by atoms with Crippen LogP contribution in [0.15, 0.2) is 44.9 Å². The van der Waals surface area contributed by atoms with Crippen molar-refractivity contribution >= 4 is 28.1 Å². The number of hydrogen-bond acceptors (Lipinski definition) is 4. The number of oxazole rings is 1. The number of nitrogens with zero attached hydrogens (tertiary/aromatic N) is 1. The Kier molecular flexibility index (Phi) is 2.26. The fourth-order valence-corrected chi connectivity index (χ4v) is 2.55. The Morgan fingerprint density at radius 1 is 1.29 bits per heavy atom. The van der Waals surface area contributed by atoms with Crippen molar-refractivity contribution in [2.24, 2.45) is 0 Å². The van der Waals surface area contributed by atoms with Gasteiger partial charge in [-0.2, -0.15) is 0 Å². The summed E-state index contributed by atoms with van der Waals surface area (Å²) >= 11 is 1.60. The summed E-state index contributed by atoms with van der Waals surface area (Å²) in [5, 5.41) is 1.98. The predicted octanol–water partition coefficient (Wildman–Crippen LogP) is 2.29. The van der Waals surface area contributed by atoms with Gasteiger partial charge in [0.25, 0.3) is 0 Å². The van der Waals surface area contributed by atoms with Gasteiger partial charge in [-0.1, -0.05) is 12.1 Å². The number of fused-ring (bicyclic) bond motifs is 1. The van der Waals surface area contributed by atoms with E-state index in [9.17, 15) is 4.79 Å². The quantitative estimate of drug-likeness (QED) is 0.706. The van der Waals surface area contributed by atoms with Crippen LogP contribution in [0.3, 0.4) is 0 Å². The maximum Gasteiger partial charge on any atom is 0.420 e. The van der Waals surface area contributed by atoms with E-state index in [1.54, 1.807) is 34.1 Å². The molecule has 2 heterocycles. The number of thiophene rings is 1. The second-order valence-electron chi connectivity index (χ2n) is 3.73. The highest BCUT2D eigenvalue weighted by molar-refractivity contribution is 7.09. The fraction of sp³-hybridized carbons (Fsp3) is 0.0833. The molecule has 0 saturated heterocycles. The van der Waals surface area contributed by atoms with Crippen LogP contribution in [-0.4, -0.2) is 4.57 Å². The van der Waals surface area contributed by atoms with Gasteiger partial charge in [-0.3, -0.25) is 4.57 Å². The number of nitrogen functional groups attached to an aromatic ring is 1. The molecule has 0 amide bonds. The van der Waals surface area contributed by atoms with E-state index in [4.69, 9.17) is 10.2 Å². The molecule has 0 aliphatic carbocycles. The van der Waals surface area contributed by atoms with Gasteiger partial charge in [0.05, 0.1) is 12.2 Å². The topological polar surface area (TPSA) is 61.2 Å². The molecule has 3 aromatic rings. The van der Waals surface area contributed by atoms with Gasteiger partial charge >= 0.3 is 5.76 Å². The van der Waals surface area contributed by atoms with Crippen molar-refractivity contribution in [2.75, 3.05) is 5.73 Å². The van der Waals surface area contributed by atoms with Crippen LogP contribution in [0.4, 0.5) is 5.69 Å². The largest absolute Gasteiger partial charge is 0.420 e. The standard InChI is InChI=1S/C12H10N2O2S/c13-9-4-1-5-10-11(9)14(12(15)16-10)7-8-3-2-6-17-8/h1-6H,7,13H2. The molecule has 2 N–H and O–H groups in total. The second kappa shape index (κ2) is 3.78. The second-order valence-corrected chi connectivity index (χ2v) is 4.76. The number of rotatable bonds is 2. The summed E-state index contributed by atoms with van der Waals surface area (Å²) in [4.78, 5) is 12.9. The van der Waals surface area contributed by atoms with Crippen LogP contribution in [0.5, 0.6) is 0 Å². The van der Waals surface area contributed by atoms with Crippen LogP contribution in [0.1, 0.15) is 4.88 Å². The third-order valence-electron chi connectivity index (χ3n) is 2.61. The molecule has 5 heteroatoms. The Labute approximate surface area is 101 Å². The maximum absolute atomic E-state index is 11.8. The van der Waals surface area contributed by atoms with Crippen LogP contribution in [0.25, 0.3) is 11.1 Å². The number of anilines is 1. The van der Waals surface area contributed by atoms with E-state index in [1.807, 2.05) is 17.5 Å². The molecule has 0 aliphatic rings. The van der Waals surface area contributed by atoms with Crippen molar-refractivity contribution in [2.45, 2.75) is 6.54 Å². The summed E-state index contributed by atoms with van der Waals surface area (Å²) in [6, 6.07) is 9.22. The van der Waals surface area contributed by atoms with Gasteiger partial charge in [-0.15, -0.1) is 11.3 Å². The molecule has 4 nitrogen and oxygen atoms in total. The molecule has 0 spiro atoms. The molecule has 0 atom stereocenters. The maximum atomic E-state index is 11.8. The monoisotopic (exact) mass is 246 g/mol. The minimum absolute atomic E-state index is 0.369. The van der Waals surface area contributed by atoms with E-state index in [2.05, 4.69) is 0 Å². The number of aromatic nitrogens is 1. The zero-order chi connectivity index (χ0) is 11.8. The fourth-order valence-electron chi connectivity index (χ4n) is 1.85. The number of benzene rings is 1. The van der Waals surface area contributed by atoms with Gasteiger partial charge in [-0.05, 0) is 23.6 Å². The Hall–Kier alpha value is -2.01. The number of para-hydroxylation sites is 1. The number of nitrogens with two attached hydrogens (primary N) is 1. The van der Waals surface area contributed by atoms with E-state index in [0.717, 1.165) is 4.88 Å². The summed E-state index contributed by atoms with van der Waals surface area (Å²) in [6.45, 7) is 0.498. The summed E-state index contributed by atoms with van der Waals surface area (Å²) < 4.78 is 6.73. The third-order valence-corrected chi connectivity index (χ3v) is 3.47. The summed E-state index contributed by atoms with van der Waals surface area (Å²) in [5.41, 5.74) is 7.65. The minimum Gasteiger partial charge on any atom is -0.408 e. The van der Waals surface area contributed by atoms with Crippen molar-refractivity contribution in [3.8, 4) is 0 Å². The molecule has 0 saturated carbocycles. The summed E-state index contributed by atoms with van der Waals surface area (Å²) in [5.74, 6) is -0.369. The van der Waals surface area contributed by atoms with Crippen molar-refractivity contribution in [3.63, 3.8) is 0 Å². The molecule has 2 aromatic heterocycles.